The zero-order valence-corrected chi connectivity index (χ0v) is 13.8. The van der Waals surface area contributed by atoms with E-state index in [-0.39, 0.29) is 0 Å². The van der Waals surface area contributed by atoms with E-state index in [4.69, 9.17) is 9.47 Å². The minimum absolute atomic E-state index is 0.304. The van der Waals surface area contributed by atoms with Gasteiger partial charge in [0.25, 0.3) is 0 Å². The third kappa shape index (κ3) is 3.85. The van der Waals surface area contributed by atoms with Gasteiger partial charge in [0.15, 0.2) is 0 Å². The summed E-state index contributed by atoms with van der Waals surface area (Å²) in [6, 6.07) is 0. The third-order valence-corrected chi connectivity index (χ3v) is 3.26. The molecule has 124 valence electrons. The Balaban J connectivity index is 2.58. The maximum absolute atomic E-state index is 12.2. The van der Waals surface area contributed by atoms with E-state index >= 15 is 0 Å². The molecule has 0 spiro atoms. The number of ether oxygens (including phenoxy) is 2. The summed E-state index contributed by atoms with van der Waals surface area (Å²) >= 11 is 0. The fourth-order valence-electron chi connectivity index (χ4n) is 2.20. The smallest absolute Gasteiger partial charge is 0.341 e. The average molecular weight is 318 g/mol. The van der Waals surface area contributed by atoms with Gasteiger partial charge >= 0.3 is 5.97 Å². The van der Waals surface area contributed by atoms with Crippen molar-refractivity contribution >= 4 is 22.6 Å². The second kappa shape index (κ2) is 8.26. The molecule has 23 heavy (non-hydrogen) atoms. The van der Waals surface area contributed by atoms with Gasteiger partial charge < -0.3 is 14.8 Å². The molecule has 0 amide bonds. The first-order chi connectivity index (χ1) is 11.2. The van der Waals surface area contributed by atoms with Crippen molar-refractivity contribution in [2.24, 2.45) is 0 Å². The SMILES string of the molecule is CCCCNc1c(C(=O)OCC)cnc2cnnc(OCC)c12. The van der Waals surface area contributed by atoms with Crippen LogP contribution >= 0.6 is 0 Å². The van der Waals surface area contributed by atoms with Crippen LogP contribution in [0.25, 0.3) is 10.9 Å². The number of pyridine rings is 1. The van der Waals surface area contributed by atoms with Gasteiger partial charge in [-0.05, 0) is 20.3 Å². The van der Waals surface area contributed by atoms with Crippen LogP contribution in [0.2, 0.25) is 0 Å². The van der Waals surface area contributed by atoms with Gasteiger partial charge in [0, 0.05) is 12.7 Å². The fraction of sp³-hybridized carbons (Fsp3) is 0.500. The lowest BCUT2D eigenvalue weighted by molar-refractivity contribution is 0.0527. The highest BCUT2D eigenvalue weighted by Crippen LogP contribution is 2.32. The van der Waals surface area contributed by atoms with Crippen molar-refractivity contribution in [3.63, 3.8) is 0 Å². The summed E-state index contributed by atoms with van der Waals surface area (Å²) in [6.45, 7) is 7.23. The molecule has 2 aromatic heterocycles. The standard InChI is InChI=1S/C16H22N4O3/c1-4-7-8-17-14-11(16(21)23-6-3)9-18-12-10-19-20-15(13(12)14)22-5-2/h9-10H,4-8H2,1-3H3,(H,17,18). The van der Waals surface area contributed by atoms with Crippen molar-refractivity contribution in [3.8, 4) is 5.88 Å². The average Bonchev–Trinajstić information content (AvgIpc) is 2.55. The minimum atomic E-state index is -0.417. The molecule has 1 N–H and O–H groups in total. The third-order valence-electron chi connectivity index (χ3n) is 3.26. The van der Waals surface area contributed by atoms with Crippen molar-refractivity contribution in [3.05, 3.63) is 18.0 Å². The van der Waals surface area contributed by atoms with Gasteiger partial charge in [-0.1, -0.05) is 13.3 Å². The molecule has 0 bridgehead atoms. The summed E-state index contributed by atoms with van der Waals surface area (Å²) in [5, 5.41) is 11.9. The fourth-order valence-corrected chi connectivity index (χ4v) is 2.20. The Morgan fingerprint density at radius 1 is 1.22 bits per heavy atom. The summed E-state index contributed by atoms with van der Waals surface area (Å²) in [5.74, 6) is -0.0530. The molecule has 0 aliphatic carbocycles. The molecule has 0 aliphatic heterocycles. The van der Waals surface area contributed by atoms with E-state index in [9.17, 15) is 4.79 Å². The summed E-state index contributed by atoms with van der Waals surface area (Å²) in [4.78, 5) is 16.5. The van der Waals surface area contributed by atoms with E-state index in [2.05, 4.69) is 27.4 Å². The summed E-state index contributed by atoms with van der Waals surface area (Å²) < 4.78 is 10.7. The Bertz CT molecular complexity index is 676. The number of carbonyl (C=O) groups is 1. The number of fused-ring (bicyclic) bond motifs is 1. The second-order valence-corrected chi connectivity index (χ2v) is 4.89. The number of nitrogens with one attached hydrogen (secondary N) is 1. The number of anilines is 1. The quantitative estimate of drug-likeness (QED) is 0.591. The van der Waals surface area contributed by atoms with Crippen molar-refractivity contribution in [1.29, 1.82) is 0 Å². The Morgan fingerprint density at radius 2 is 2.04 bits per heavy atom. The zero-order valence-electron chi connectivity index (χ0n) is 13.8. The van der Waals surface area contributed by atoms with Gasteiger partial charge in [-0.25, -0.2) is 4.79 Å². The largest absolute Gasteiger partial charge is 0.476 e. The molecule has 0 aromatic carbocycles. The van der Waals surface area contributed by atoms with Gasteiger partial charge in [0.2, 0.25) is 5.88 Å². The lowest BCUT2D eigenvalue weighted by Gasteiger charge is -2.15. The summed E-state index contributed by atoms with van der Waals surface area (Å²) in [5.41, 5.74) is 1.64. The molecule has 2 heterocycles. The van der Waals surface area contributed by atoms with Crippen LogP contribution in [0, 0.1) is 0 Å². The number of esters is 1. The van der Waals surface area contributed by atoms with Crippen LogP contribution in [-0.2, 0) is 4.74 Å². The first-order valence-corrected chi connectivity index (χ1v) is 7.91. The monoisotopic (exact) mass is 318 g/mol. The van der Waals surface area contributed by atoms with Crippen LogP contribution in [0.3, 0.4) is 0 Å². The van der Waals surface area contributed by atoms with Crippen LogP contribution in [0.5, 0.6) is 5.88 Å². The highest BCUT2D eigenvalue weighted by molar-refractivity contribution is 6.06. The molecular formula is C16H22N4O3. The highest BCUT2D eigenvalue weighted by atomic mass is 16.5. The number of aromatic nitrogens is 3. The number of nitrogens with zero attached hydrogens (tertiary/aromatic N) is 3. The van der Waals surface area contributed by atoms with Crippen molar-refractivity contribution in [2.75, 3.05) is 25.1 Å². The number of unbranched alkanes of at least 4 members (excludes halogenated alkanes) is 1. The molecule has 7 heteroatoms. The van der Waals surface area contributed by atoms with Crippen LogP contribution in [-0.4, -0.2) is 40.9 Å². The van der Waals surface area contributed by atoms with Crippen LogP contribution in [0.15, 0.2) is 12.4 Å². The number of carbonyl (C=O) groups excluding carboxylic acids is 1. The maximum atomic E-state index is 12.2. The van der Waals surface area contributed by atoms with Crippen molar-refractivity contribution in [1.82, 2.24) is 15.2 Å². The van der Waals surface area contributed by atoms with E-state index in [0.717, 1.165) is 19.4 Å². The van der Waals surface area contributed by atoms with Crippen LogP contribution in [0.1, 0.15) is 44.0 Å². The van der Waals surface area contributed by atoms with Crippen molar-refractivity contribution < 1.29 is 14.3 Å². The van der Waals surface area contributed by atoms with E-state index in [1.54, 1.807) is 13.1 Å². The lowest BCUT2D eigenvalue weighted by atomic mass is 10.1. The first-order valence-electron chi connectivity index (χ1n) is 7.91. The van der Waals surface area contributed by atoms with Gasteiger partial charge in [0.1, 0.15) is 5.56 Å². The number of hydrogen-bond acceptors (Lipinski definition) is 7. The van der Waals surface area contributed by atoms with E-state index < -0.39 is 5.97 Å². The molecule has 0 fully saturated rings. The first kappa shape index (κ1) is 16.9. The predicted octanol–water partition coefficient (Wildman–Crippen LogP) is 2.81. The zero-order chi connectivity index (χ0) is 16.7. The Labute approximate surface area is 135 Å². The minimum Gasteiger partial charge on any atom is -0.476 e. The van der Waals surface area contributed by atoms with Crippen LogP contribution in [0.4, 0.5) is 5.69 Å². The predicted molar refractivity (Wildman–Crippen MR) is 87.9 cm³/mol. The molecule has 0 radical (unpaired) electrons. The van der Waals surface area contributed by atoms with Crippen LogP contribution < -0.4 is 10.1 Å². The maximum Gasteiger partial charge on any atom is 0.341 e. The Hall–Kier alpha value is -2.44. The Morgan fingerprint density at radius 3 is 2.74 bits per heavy atom. The second-order valence-electron chi connectivity index (χ2n) is 4.89. The summed E-state index contributed by atoms with van der Waals surface area (Å²) in [7, 11) is 0. The van der Waals surface area contributed by atoms with Crippen molar-refractivity contribution in [2.45, 2.75) is 33.6 Å². The lowest BCUT2D eigenvalue weighted by Crippen LogP contribution is -2.13. The van der Waals surface area contributed by atoms with Gasteiger partial charge in [0.05, 0.1) is 36.0 Å². The topological polar surface area (TPSA) is 86.2 Å². The molecule has 7 nitrogen and oxygen atoms in total. The molecule has 0 aliphatic rings. The highest BCUT2D eigenvalue weighted by Gasteiger charge is 2.20. The molecule has 0 saturated heterocycles. The molecule has 0 saturated carbocycles. The number of rotatable bonds is 8. The molecule has 2 rings (SSSR count). The summed E-state index contributed by atoms with van der Waals surface area (Å²) in [6.07, 6.45) is 5.08. The van der Waals surface area contributed by atoms with Gasteiger partial charge in [-0.2, -0.15) is 5.10 Å². The van der Waals surface area contributed by atoms with E-state index in [1.807, 2.05) is 6.92 Å². The Kier molecular flexibility index (Phi) is 6.08. The van der Waals surface area contributed by atoms with E-state index in [1.165, 1.54) is 6.20 Å². The molecule has 0 unspecified atom stereocenters. The molecule has 2 aromatic rings. The normalized spacial score (nSPS) is 10.6. The number of hydrogen-bond donors (Lipinski definition) is 1. The van der Waals surface area contributed by atoms with E-state index in [0.29, 0.717) is 41.2 Å². The van der Waals surface area contributed by atoms with Gasteiger partial charge in [-0.3, -0.25) is 4.98 Å². The molecular weight excluding hydrogens is 296 g/mol. The van der Waals surface area contributed by atoms with Gasteiger partial charge in [-0.15, -0.1) is 5.10 Å². The molecule has 0 atom stereocenters.